The first-order valence-corrected chi connectivity index (χ1v) is 13.9. The number of fused-ring (bicyclic) bond motifs is 5. The summed E-state index contributed by atoms with van der Waals surface area (Å²) in [6, 6.07) is 11.8. The minimum atomic E-state index is -5.08. The monoisotopic (exact) mass is 631 g/mol. The molecule has 0 unspecified atom stereocenters. The molecule has 0 saturated carbocycles. The van der Waals surface area contributed by atoms with Gasteiger partial charge in [-0.05, 0) is 54.3 Å². The van der Waals surface area contributed by atoms with Crippen molar-refractivity contribution >= 4 is 50.6 Å². The lowest BCUT2D eigenvalue weighted by molar-refractivity contribution is -0.192. The maximum Gasteiger partial charge on any atom is 0.490 e. The van der Waals surface area contributed by atoms with Gasteiger partial charge < -0.3 is 15.2 Å². The largest absolute Gasteiger partial charge is 0.490 e. The summed E-state index contributed by atoms with van der Waals surface area (Å²) in [5.41, 5.74) is 5.03. The number of hydrogen-bond donors (Lipinski definition) is 2. The van der Waals surface area contributed by atoms with E-state index in [4.69, 9.17) is 31.3 Å². The maximum atomic E-state index is 13.4. The van der Waals surface area contributed by atoms with Crippen molar-refractivity contribution < 1.29 is 32.2 Å². The van der Waals surface area contributed by atoms with Crippen LogP contribution in [0.1, 0.15) is 16.8 Å². The van der Waals surface area contributed by atoms with E-state index in [1.54, 1.807) is 35.9 Å². The molecule has 0 atom stereocenters. The van der Waals surface area contributed by atoms with E-state index in [0.29, 0.717) is 17.3 Å². The molecule has 0 radical (unpaired) electrons. The van der Waals surface area contributed by atoms with E-state index >= 15 is 0 Å². The zero-order chi connectivity index (χ0) is 30.7. The number of nitrogens with one attached hydrogen (secondary N) is 1. The van der Waals surface area contributed by atoms with Crippen molar-refractivity contribution in [1.82, 2.24) is 19.7 Å². The number of halogens is 5. The number of hydrogen-bond acceptors (Lipinski definition) is 7. The minimum Gasteiger partial charge on any atom is -0.487 e. The molecule has 0 amide bonds. The molecule has 0 saturated heterocycles. The number of carboxylic acids is 1. The second-order valence-electron chi connectivity index (χ2n) is 9.30. The zero-order valence-corrected chi connectivity index (χ0v) is 23.7. The number of anilines is 2. The Hall–Kier alpha value is -4.49. The molecule has 3 heterocycles. The first-order chi connectivity index (χ1) is 20.5. The number of carbonyl (C=O) groups is 1. The van der Waals surface area contributed by atoms with Gasteiger partial charge in [0.15, 0.2) is 0 Å². The number of thiophene rings is 1. The molecule has 14 heteroatoms. The van der Waals surface area contributed by atoms with Gasteiger partial charge in [-0.3, -0.25) is 4.68 Å². The lowest BCUT2D eigenvalue weighted by Gasteiger charge is -2.13. The molecule has 1 aliphatic rings. The van der Waals surface area contributed by atoms with Crippen molar-refractivity contribution in [2.24, 2.45) is 0 Å². The van der Waals surface area contributed by atoms with Gasteiger partial charge in [0, 0.05) is 22.3 Å². The van der Waals surface area contributed by atoms with Crippen LogP contribution < -0.4 is 10.1 Å². The van der Waals surface area contributed by atoms with Crippen LogP contribution in [0.2, 0.25) is 5.02 Å². The van der Waals surface area contributed by atoms with Crippen molar-refractivity contribution in [3.63, 3.8) is 0 Å². The fourth-order valence-electron chi connectivity index (χ4n) is 4.47. The Morgan fingerprint density at radius 1 is 1.21 bits per heavy atom. The fourth-order valence-corrected chi connectivity index (χ4v) is 5.92. The summed E-state index contributed by atoms with van der Waals surface area (Å²) in [5, 5.41) is 16.7. The molecule has 222 valence electrons. The molecular formula is C29H22ClF4N5O3S. The normalized spacial score (nSPS) is 12.1. The highest BCUT2D eigenvalue weighted by atomic mass is 35.5. The summed E-state index contributed by atoms with van der Waals surface area (Å²) in [4.78, 5) is 20.1. The Morgan fingerprint density at radius 2 is 2.00 bits per heavy atom. The van der Waals surface area contributed by atoms with E-state index < -0.39 is 12.1 Å². The predicted octanol–water partition coefficient (Wildman–Crippen LogP) is 7.59. The molecule has 1 aliphatic carbocycles. The van der Waals surface area contributed by atoms with Crippen LogP contribution in [0.4, 0.5) is 29.1 Å². The number of ether oxygens (including phenoxy) is 1. The average molecular weight is 632 g/mol. The van der Waals surface area contributed by atoms with E-state index in [-0.39, 0.29) is 12.4 Å². The zero-order valence-electron chi connectivity index (χ0n) is 22.2. The molecule has 5 aromatic rings. The van der Waals surface area contributed by atoms with Gasteiger partial charge in [-0.25, -0.2) is 19.2 Å². The Balaban J connectivity index is 0.000000472. The number of alkyl halides is 3. The summed E-state index contributed by atoms with van der Waals surface area (Å²) in [6.45, 7) is 4.72. The van der Waals surface area contributed by atoms with Gasteiger partial charge in [-0.2, -0.15) is 18.3 Å². The third-order valence-electron chi connectivity index (χ3n) is 6.32. The van der Waals surface area contributed by atoms with Gasteiger partial charge in [-0.15, -0.1) is 17.9 Å². The maximum absolute atomic E-state index is 13.4. The number of aryl methyl sites for hydroxylation is 2. The lowest BCUT2D eigenvalue weighted by atomic mass is 9.95. The Kier molecular flexibility index (Phi) is 8.64. The second kappa shape index (κ2) is 12.4. The van der Waals surface area contributed by atoms with E-state index in [0.717, 1.165) is 51.4 Å². The van der Waals surface area contributed by atoms with E-state index in [1.807, 2.05) is 22.9 Å². The first-order valence-electron chi connectivity index (χ1n) is 12.7. The highest BCUT2D eigenvalue weighted by molar-refractivity contribution is 7.22. The number of aromatic nitrogens is 4. The molecule has 0 bridgehead atoms. The Bertz CT molecular complexity index is 1820. The molecule has 0 aliphatic heterocycles. The lowest BCUT2D eigenvalue weighted by Crippen LogP contribution is -2.21. The number of benzene rings is 2. The molecular weight excluding hydrogens is 610 g/mol. The summed E-state index contributed by atoms with van der Waals surface area (Å²) >= 11 is 8.17. The summed E-state index contributed by atoms with van der Waals surface area (Å²) in [5.74, 6) is -1.79. The second-order valence-corrected chi connectivity index (χ2v) is 10.7. The molecule has 43 heavy (non-hydrogen) atoms. The first kappa shape index (κ1) is 30.0. The fraction of sp³-hybridized carbons (Fsp3) is 0.172. The van der Waals surface area contributed by atoms with E-state index in [2.05, 4.69) is 28.1 Å². The van der Waals surface area contributed by atoms with Crippen LogP contribution in [0.3, 0.4) is 0 Å². The SMILES string of the molecule is C=CCn1cc2c(n1)CCc1c-2sc2ncnc(Nc3ccc(OCc4cccc(F)c4)c(Cl)c3)c12.O=C(O)C(F)(F)F. The van der Waals surface area contributed by atoms with Gasteiger partial charge in [0.2, 0.25) is 0 Å². The third kappa shape index (κ3) is 6.78. The molecule has 2 N–H and O–H groups in total. The van der Waals surface area contributed by atoms with Gasteiger partial charge >= 0.3 is 12.1 Å². The number of nitrogens with zero attached hydrogens (tertiary/aromatic N) is 4. The smallest absolute Gasteiger partial charge is 0.487 e. The molecule has 3 aromatic heterocycles. The van der Waals surface area contributed by atoms with Crippen molar-refractivity contribution in [1.29, 1.82) is 0 Å². The summed E-state index contributed by atoms with van der Waals surface area (Å²) in [7, 11) is 0. The van der Waals surface area contributed by atoms with Gasteiger partial charge in [0.25, 0.3) is 0 Å². The quantitative estimate of drug-likeness (QED) is 0.141. The topological polar surface area (TPSA) is 102 Å². The standard InChI is InChI=1S/C27H21ClFN5OS.C2HF3O2/c1-2-10-34-13-20-22(33-34)8-7-19-24-26(30-15-31-27(24)36-25(19)20)32-18-6-9-23(21(28)12-18)35-14-16-4-3-5-17(29)11-16;3-2(4,5)1(6)7/h2-6,9,11-13,15H,1,7-8,10,14H2,(H,30,31,32);(H,6,7). The molecule has 0 spiro atoms. The Labute approximate surface area is 251 Å². The van der Waals surface area contributed by atoms with Gasteiger partial charge in [0.1, 0.15) is 35.1 Å². The molecule has 2 aromatic carbocycles. The Morgan fingerprint density at radius 3 is 2.70 bits per heavy atom. The highest BCUT2D eigenvalue weighted by Crippen LogP contribution is 2.45. The van der Waals surface area contributed by atoms with Crippen LogP contribution in [-0.4, -0.2) is 37.0 Å². The van der Waals surface area contributed by atoms with Crippen LogP contribution in [0.15, 0.2) is 67.6 Å². The van der Waals surface area contributed by atoms with E-state index in [9.17, 15) is 17.6 Å². The van der Waals surface area contributed by atoms with Crippen LogP contribution in [0.25, 0.3) is 20.7 Å². The number of carboxylic acid groups (broad SMARTS) is 1. The number of rotatable bonds is 7. The third-order valence-corrected chi connectivity index (χ3v) is 7.79. The number of aliphatic carboxylic acids is 1. The van der Waals surface area contributed by atoms with Crippen molar-refractivity contribution in [2.75, 3.05) is 5.32 Å². The van der Waals surface area contributed by atoms with Crippen LogP contribution in [0.5, 0.6) is 5.75 Å². The summed E-state index contributed by atoms with van der Waals surface area (Å²) < 4.78 is 52.9. The number of allylic oxidation sites excluding steroid dienone is 1. The molecule has 0 fully saturated rings. The predicted molar refractivity (Wildman–Crippen MR) is 155 cm³/mol. The van der Waals surface area contributed by atoms with Crippen LogP contribution in [-0.2, 0) is 30.8 Å². The summed E-state index contributed by atoms with van der Waals surface area (Å²) in [6.07, 6.45) is 2.18. The average Bonchev–Trinajstić information content (AvgIpc) is 3.54. The van der Waals surface area contributed by atoms with E-state index in [1.165, 1.54) is 22.6 Å². The van der Waals surface area contributed by atoms with Crippen molar-refractivity contribution in [3.05, 3.63) is 95.3 Å². The minimum absolute atomic E-state index is 0.225. The van der Waals surface area contributed by atoms with Crippen molar-refractivity contribution in [3.8, 4) is 16.2 Å². The van der Waals surface area contributed by atoms with Gasteiger partial charge in [-0.1, -0.05) is 29.8 Å². The van der Waals surface area contributed by atoms with Crippen molar-refractivity contribution in [2.45, 2.75) is 32.2 Å². The van der Waals surface area contributed by atoms with Crippen LogP contribution in [0, 0.1) is 5.82 Å². The highest BCUT2D eigenvalue weighted by Gasteiger charge is 2.38. The van der Waals surface area contributed by atoms with Crippen LogP contribution >= 0.6 is 22.9 Å². The van der Waals surface area contributed by atoms with Gasteiger partial charge in [0.05, 0.1) is 22.6 Å². The molecule has 6 rings (SSSR count). The molecule has 8 nitrogen and oxygen atoms in total.